The fraction of sp³-hybridized carbons (Fsp3) is 0. The molecule has 3 aromatic rings. The number of hydrogen-bond donors (Lipinski definition) is 1. The van der Waals surface area contributed by atoms with Crippen molar-refractivity contribution < 1.29 is 4.42 Å². The second-order valence-electron chi connectivity index (χ2n) is 3.55. The molecule has 0 spiro atoms. The Kier molecular flexibility index (Phi) is 2.19. The van der Waals surface area contributed by atoms with Gasteiger partial charge in [0, 0.05) is 5.38 Å². The monoisotopic (exact) mass is 244 g/mol. The summed E-state index contributed by atoms with van der Waals surface area (Å²) in [4.78, 5) is 16.3. The van der Waals surface area contributed by atoms with Crippen molar-refractivity contribution in [3.63, 3.8) is 0 Å². The van der Waals surface area contributed by atoms with Crippen molar-refractivity contribution in [2.24, 2.45) is 0 Å². The molecule has 2 N–H and O–H groups in total. The first-order valence-electron chi connectivity index (χ1n) is 4.97. The van der Waals surface area contributed by atoms with Gasteiger partial charge in [-0.3, -0.25) is 4.79 Å². The maximum atomic E-state index is 12.2. The summed E-state index contributed by atoms with van der Waals surface area (Å²) in [7, 11) is 0. The Hall–Kier alpha value is -2.14. The Morgan fingerprint density at radius 2 is 2.12 bits per heavy atom. The van der Waals surface area contributed by atoms with Crippen LogP contribution in [-0.4, -0.2) is 4.98 Å². The lowest BCUT2D eigenvalue weighted by Crippen LogP contribution is -2.04. The summed E-state index contributed by atoms with van der Waals surface area (Å²) in [6, 6.07) is 7.13. The van der Waals surface area contributed by atoms with Gasteiger partial charge in [0.05, 0.1) is 16.6 Å². The Morgan fingerprint density at radius 3 is 2.88 bits per heavy atom. The molecule has 0 saturated heterocycles. The molecular weight excluding hydrogens is 236 g/mol. The van der Waals surface area contributed by atoms with Gasteiger partial charge in [-0.05, 0) is 12.1 Å². The lowest BCUT2D eigenvalue weighted by Gasteiger charge is -1.98. The summed E-state index contributed by atoms with van der Waals surface area (Å²) in [6.07, 6.45) is 1.43. The van der Waals surface area contributed by atoms with E-state index in [1.165, 1.54) is 17.6 Å². The normalized spacial score (nSPS) is 10.8. The fourth-order valence-corrected chi connectivity index (χ4v) is 2.23. The molecule has 0 aliphatic carbocycles. The van der Waals surface area contributed by atoms with Crippen molar-refractivity contribution >= 4 is 27.4 Å². The summed E-state index contributed by atoms with van der Waals surface area (Å²) in [6.45, 7) is 0. The first-order chi connectivity index (χ1) is 8.25. The van der Waals surface area contributed by atoms with Gasteiger partial charge < -0.3 is 10.2 Å². The molecule has 17 heavy (non-hydrogen) atoms. The van der Waals surface area contributed by atoms with Gasteiger partial charge in [-0.25, -0.2) is 4.98 Å². The molecule has 4 nitrogen and oxygen atoms in total. The van der Waals surface area contributed by atoms with Crippen LogP contribution in [0.4, 0.5) is 5.13 Å². The van der Waals surface area contributed by atoms with Gasteiger partial charge >= 0.3 is 0 Å². The Bertz CT molecular complexity index is 745. The van der Waals surface area contributed by atoms with Gasteiger partial charge in [-0.2, -0.15) is 0 Å². The number of aromatic nitrogens is 1. The molecule has 84 valence electrons. The molecular formula is C12H8N2O2S. The molecule has 0 radical (unpaired) electrons. The van der Waals surface area contributed by atoms with Crippen LogP contribution in [-0.2, 0) is 0 Å². The Balaban J connectivity index is 2.32. The molecule has 2 heterocycles. The van der Waals surface area contributed by atoms with Crippen LogP contribution in [0, 0.1) is 0 Å². The van der Waals surface area contributed by atoms with Gasteiger partial charge in [-0.15, -0.1) is 11.3 Å². The first kappa shape index (κ1) is 10.0. The number of benzene rings is 1. The van der Waals surface area contributed by atoms with Gasteiger partial charge in [0.25, 0.3) is 0 Å². The van der Waals surface area contributed by atoms with Crippen molar-refractivity contribution in [3.05, 3.63) is 46.1 Å². The van der Waals surface area contributed by atoms with Crippen LogP contribution in [0.2, 0.25) is 0 Å². The Morgan fingerprint density at radius 1 is 1.29 bits per heavy atom. The third-order valence-electron chi connectivity index (χ3n) is 2.48. The highest BCUT2D eigenvalue weighted by Gasteiger charge is 2.10. The standard InChI is InChI=1S/C12H8N2O2S/c13-12-14-9(6-17-12)8-5-16-10-4-2-1-3-7(10)11(8)15/h1-6H,(H2,13,14). The first-order valence-corrected chi connectivity index (χ1v) is 5.85. The van der Waals surface area contributed by atoms with Gasteiger partial charge in [0.15, 0.2) is 5.13 Å². The predicted molar refractivity (Wildman–Crippen MR) is 68.0 cm³/mol. The van der Waals surface area contributed by atoms with Crippen LogP contribution in [0.1, 0.15) is 0 Å². The van der Waals surface area contributed by atoms with Crippen molar-refractivity contribution in [3.8, 4) is 11.3 Å². The van der Waals surface area contributed by atoms with Crippen molar-refractivity contribution in [2.45, 2.75) is 0 Å². The highest BCUT2D eigenvalue weighted by molar-refractivity contribution is 7.13. The molecule has 0 fully saturated rings. The molecule has 3 rings (SSSR count). The zero-order chi connectivity index (χ0) is 11.8. The summed E-state index contributed by atoms with van der Waals surface area (Å²) in [5.74, 6) is 0. The SMILES string of the molecule is Nc1nc(-c2coc3ccccc3c2=O)cs1. The van der Waals surface area contributed by atoms with E-state index in [1.807, 2.05) is 6.07 Å². The maximum Gasteiger partial charge on any atom is 0.202 e. The van der Waals surface area contributed by atoms with Crippen LogP contribution >= 0.6 is 11.3 Å². The fourth-order valence-electron chi connectivity index (χ4n) is 1.67. The van der Waals surface area contributed by atoms with Crippen molar-refractivity contribution in [1.29, 1.82) is 0 Å². The second kappa shape index (κ2) is 3.71. The maximum absolute atomic E-state index is 12.2. The van der Waals surface area contributed by atoms with E-state index in [0.29, 0.717) is 27.4 Å². The van der Waals surface area contributed by atoms with Gasteiger partial charge in [0.1, 0.15) is 11.8 Å². The molecule has 0 amide bonds. The molecule has 0 aliphatic heterocycles. The number of para-hydroxylation sites is 1. The third-order valence-corrected chi connectivity index (χ3v) is 3.15. The quantitative estimate of drug-likeness (QED) is 0.714. The minimum absolute atomic E-state index is 0.0860. The van der Waals surface area contributed by atoms with E-state index in [1.54, 1.807) is 23.6 Å². The number of thiazole rings is 1. The topological polar surface area (TPSA) is 69.1 Å². The van der Waals surface area contributed by atoms with Crippen LogP contribution in [0.15, 0.2) is 45.1 Å². The number of anilines is 1. The molecule has 0 atom stereocenters. The van der Waals surface area contributed by atoms with Crippen LogP contribution in [0.5, 0.6) is 0 Å². The molecule has 5 heteroatoms. The number of nitrogens with zero attached hydrogens (tertiary/aromatic N) is 1. The van der Waals surface area contributed by atoms with E-state index in [4.69, 9.17) is 10.2 Å². The van der Waals surface area contributed by atoms with Crippen LogP contribution in [0.25, 0.3) is 22.2 Å². The molecule has 0 unspecified atom stereocenters. The van der Waals surface area contributed by atoms with Gasteiger partial charge in [-0.1, -0.05) is 12.1 Å². The number of nitrogen functional groups attached to an aromatic ring is 1. The number of nitrogens with two attached hydrogens (primary N) is 1. The van der Waals surface area contributed by atoms with E-state index in [-0.39, 0.29) is 5.43 Å². The number of fused-ring (bicyclic) bond motifs is 1. The van der Waals surface area contributed by atoms with Crippen LogP contribution in [0.3, 0.4) is 0 Å². The number of rotatable bonds is 1. The van der Waals surface area contributed by atoms with Crippen molar-refractivity contribution in [1.82, 2.24) is 4.98 Å². The van der Waals surface area contributed by atoms with E-state index in [0.717, 1.165) is 0 Å². The number of hydrogen-bond acceptors (Lipinski definition) is 5. The second-order valence-corrected chi connectivity index (χ2v) is 4.44. The minimum Gasteiger partial charge on any atom is -0.463 e. The minimum atomic E-state index is -0.0860. The lowest BCUT2D eigenvalue weighted by atomic mass is 10.1. The lowest BCUT2D eigenvalue weighted by molar-refractivity contribution is 0.604. The Labute approximate surface area is 100 Å². The van der Waals surface area contributed by atoms with Gasteiger partial charge in [0.2, 0.25) is 5.43 Å². The average Bonchev–Trinajstić information content (AvgIpc) is 2.77. The van der Waals surface area contributed by atoms with E-state index in [9.17, 15) is 4.79 Å². The molecule has 0 bridgehead atoms. The van der Waals surface area contributed by atoms with Crippen LogP contribution < -0.4 is 11.2 Å². The highest BCUT2D eigenvalue weighted by Crippen LogP contribution is 2.22. The molecule has 1 aromatic carbocycles. The highest BCUT2D eigenvalue weighted by atomic mass is 32.1. The van der Waals surface area contributed by atoms with E-state index >= 15 is 0 Å². The average molecular weight is 244 g/mol. The molecule has 0 aliphatic rings. The third kappa shape index (κ3) is 1.60. The van der Waals surface area contributed by atoms with Crippen molar-refractivity contribution in [2.75, 3.05) is 5.73 Å². The largest absolute Gasteiger partial charge is 0.463 e. The summed E-state index contributed by atoms with van der Waals surface area (Å²) in [5, 5.41) is 2.74. The zero-order valence-corrected chi connectivity index (χ0v) is 9.53. The molecule has 0 saturated carbocycles. The van der Waals surface area contributed by atoms with E-state index in [2.05, 4.69) is 4.98 Å². The summed E-state index contributed by atoms with van der Waals surface area (Å²) < 4.78 is 5.41. The zero-order valence-electron chi connectivity index (χ0n) is 8.71. The molecule has 2 aromatic heterocycles. The summed E-state index contributed by atoms with van der Waals surface area (Å²) in [5.41, 5.74) is 7.04. The van der Waals surface area contributed by atoms with E-state index < -0.39 is 0 Å². The summed E-state index contributed by atoms with van der Waals surface area (Å²) >= 11 is 1.30. The predicted octanol–water partition coefficient (Wildman–Crippen LogP) is 2.50. The smallest absolute Gasteiger partial charge is 0.202 e.